The molecule has 0 aliphatic heterocycles. The smallest absolute Gasteiger partial charge is 0.142 e. The number of hydrogen-bond acceptors (Lipinski definition) is 1. The first-order valence-corrected chi connectivity index (χ1v) is 7.53. The van der Waals surface area contributed by atoms with Gasteiger partial charge < -0.3 is 4.42 Å². The fourth-order valence-corrected chi connectivity index (χ4v) is 2.84. The molecule has 4 aromatic rings. The molecule has 0 N–H and O–H groups in total. The van der Waals surface area contributed by atoms with Crippen LogP contribution in [0.15, 0.2) is 83.3 Å². The van der Waals surface area contributed by atoms with Gasteiger partial charge in [0.2, 0.25) is 0 Å². The van der Waals surface area contributed by atoms with Crippen molar-refractivity contribution in [2.45, 2.75) is 0 Å². The third-order valence-electron chi connectivity index (χ3n) is 3.76. The maximum Gasteiger partial charge on any atom is 0.142 e. The highest BCUT2D eigenvalue weighted by Crippen LogP contribution is 2.39. The van der Waals surface area contributed by atoms with Gasteiger partial charge in [-0.1, -0.05) is 66.2 Å². The van der Waals surface area contributed by atoms with Crippen molar-refractivity contribution >= 4 is 22.4 Å². The van der Waals surface area contributed by atoms with Crippen molar-refractivity contribution in [2.24, 2.45) is 0 Å². The van der Waals surface area contributed by atoms with Crippen LogP contribution in [-0.4, -0.2) is 0 Å². The summed E-state index contributed by atoms with van der Waals surface area (Å²) in [6.07, 6.45) is 0. The van der Waals surface area contributed by atoms with Gasteiger partial charge >= 0.3 is 0 Å². The van der Waals surface area contributed by atoms with Crippen LogP contribution in [0.3, 0.4) is 0 Å². The number of fused-ring (bicyclic) bond motifs is 1. The van der Waals surface area contributed by atoms with E-state index in [-0.39, 0.29) is 0 Å². The average molecular weight is 305 g/mol. The Balaban J connectivity index is 1.99. The molecule has 0 aliphatic carbocycles. The highest BCUT2D eigenvalue weighted by Gasteiger charge is 2.15. The van der Waals surface area contributed by atoms with Gasteiger partial charge in [-0.2, -0.15) is 0 Å². The molecule has 1 nitrogen and oxygen atoms in total. The summed E-state index contributed by atoms with van der Waals surface area (Å²) in [7, 11) is 0. The van der Waals surface area contributed by atoms with Crippen LogP contribution in [-0.2, 0) is 0 Å². The van der Waals surface area contributed by atoms with Gasteiger partial charge in [0.25, 0.3) is 0 Å². The van der Waals surface area contributed by atoms with E-state index in [4.69, 9.17) is 16.0 Å². The van der Waals surface area contributed by atoms with Crippen LogP contribution in [0, 0.1) is 0 Å². The molecule has 0 radical (unpaired) electrons. The van der Waals surface area contributed by atoms with Crippen molar-refractivity contribution in [2.75, 3.05) is 0 Å². The summed E-state index contributed by atoms with van der Waals surface area (Å²) in [5.41, 5.74) is 2.11. The summed E-state index contributed by atoms with van der Waals surface area (Å²) in [6, 6.07) is 26.2. The third kappa shape index (κ3) is 2.20. The zero-order valence-electron chi connectivity index (χ0n) is 11.8. The monoisotopic (exact) mass is 304 g/mol. The number of rotatable bonds is 2. The molecule has 106 valence electrons. The molecule has 0 amide bonds. The van der Waals surface area contributed by atoms with E-state index in [1.165, 1.54) is 0 Å². The fraction of sp³-hybridized carbons (Fsp3) is 0. The molecule has 0 aliphatic rings. The average Bonchev–Trinajstić information content (AvgIpc) is 2.96. The highest BCUT2D eigenvalue weighted by molar-refractivity contribution is 6.30. The van der Waals surface area contributed by atoms with Gasteiger partial charge in [-0.3, -0.25) is 0 Å². The first-order valence-electron chi connectivity index (χ1n) is 7.16. The van der Waals surface area contributed by atoms with Crippen LogP contribution >= 0.6 is 11.6 Å². The molecule has 0 atom stereocenters. The molecule has 0 spiro atoms. The van der Waals surface area contributed by atoms with E-state index in [0.29, 0.717) is 0 Å². The summed E-state index contributed by atoms with van der Waals surface area (Å²) in [4.78, 5) is 0. The van der Waals surface area contributed by atoms with Crippen LogP contribution in [0.2, 0.25) is 5.02 Å². The molecule has 4 rings (SSSR count). The quantitative estimate of drug-likeness (QED) is 0.416. The predicted octanol–water partition coefficient (Wildman–Crippen LogP) is 6.42. The first-order chi connectivity index (χ1) is 10.8. The van der Waals surface area contributed by atoms with Crippen LogP contribution in [0.1, 0.15) is 0 Å². The summed E-state index contributed by atoms with van der Waals surface area (Å²) in [5.74, 6) is 1.78. The van der Waals surface area contributed by atoms with Gasteiger partial charge in [-0.05, 0) is 24.3 Å². The predicted molar refractivity (Wildman–Crippen MR) is 92.1 cm³/mol. The topological polar surface area (TPSA) is 13.1 Å². The number of halogens is 1. The molecule has 0 bridgehead atoms. The molecule has 1 aromatic heterocycles. The fourth-order valence-electron chi connectivity index (χ4n) is 2.71. The van der Waals surface area contributed by atoms with Crippen LogP contribution in [0.4, 0.5) is 0 Å². The van der Waals surface area contributed by atoms with Gasteiger partial charge in [0.05, 0.1) is 0 Å². The van der Waals surface area contributed by atoms with Crippen molar-refractivity contribution in [1.82, 2.24) is 0 Å². The lowest BCUT2D eigenvalue weighted by Gasteiger charge is -1.99. The van der Waals surface area contributed by atoms with Crippen molar-refractivity contribution < 1.29 is 4.42 Å². The second-order valence-electron chi connectivity index (χ2n) is 5.18. The molecule has 1 heterocycles. The van der Waals surface area contributed by atoms with Crippen LogP contribution in [0.25, 0.3) is 33.4 Å². The van der Waals surface area contributed by atoms with Gasteiger partial charge in [-0.25, -0.2) is 0 Å². The lowest BCUT2D eigenvalue weighted by Crippen LogP contribution is -1.74. The van der Waals surface area contributed by atoms with Gasteiger partial charge in [0.1, 0.15) is 11.5 Å². The minimum absolute atomic E-state index is 0.725. The Morgan fingerprint density at radius 2 is 1.05 bits per heavy atom. The van der Waals surface area contributed by atoms with Crippen molar-refractivity contribution in [1.29, 1.82) is 0 Å². The van der Waals surface area contributed by atoms with Gasteiger partial charge in [0.15, 0.2) is 0 Å². The Labute approximate surface area is 133 Å². The Hall–Kier alpha value is -2.51. The standard InChI is InChI=1S/C20H13ClO/c21-16-12-10-15(11-13-16)20-18-9-5-4-8-17(18)19(22-20)14-6-2-1-3-7-14/h1-13H. The molecule has 0 saturated carbocycles. The second kappa shape index (κ2) is 5.36. The molecular weight excluding hydrogens is 292 g/mol. The summed E-state index contributed by atoms with van der Waals surface area (Å²) < 4.78 is 6.23. The lowest BCUT2D eigenvalue weighted by molar-refractivity contribution is 0.602. The lowest BCUT2D eigenvalue weighted by atomic mass is 10.0. The maximum atomic E-state index is 6.23. The number of hydrogen-bond donors (Lipinski definition) is 0. The molecule has 0 fully saturated rings. The Bertz CT molecular complexity index is 921. The van der Waals surface area contributed by atoms with Crippen molar-refractivity contribution in [3.63, 3.8) is 0 Å². The number of benzene rings is 3. The summed E-state index contributed by atoms with van der Waals surface area (Å²) >= 11 is 5.99. The molecular formula is C20H13ClO. The summed E-state index contributed by atoms with van der Waals surface area (Å²) in [6.45, 7) is 0. The van der Waals surface area contributed by atoms with Crippen LogP contribution in [0.5, 0.6) is 0 Å². The minimum atomic E-state index is 0.725. The van der Waals surface area contributed by atoms with E-state index in [1.807, 2.05) is 54.6 Å². The Morgan fingerprint density at radius 1 is 0.545 bits per heavy atom. The van der Waals surface area contributed by atoms with E-state index < -0.39 is 0 Å². The van der Waals surface area contributed by atoms with E-state index in [1.54, 1.807) is 0 Å². The van der Waals surface area contributed by atoms with Crippen LogP contribution < -0.4 is 0 Å². The van der Waals surface area contributed by atoms with Gasteiger partial charge in [-0.15, -0.1) is 0 Å². The zero-order chi connectivity index (χ0) is 14.9. The van der Waals surface area contributed by atoms with Crippen molar-refractivity contribution in [3.05, 3.63) is 83.9 Å². The molecule has 0 saturated heterocycles. The highest BCUT2D eigenvalue weighted by atomic mass is 35.5. The second-order valence-corrected chi connectivity index (χ2v) is 5.62. The zero-order valence-corrected chi connectivity index (χ0v) is 12.5. The largest absolute Gasteiger partial charge is 0.455 e. The Morgan fingerprint density at radius 3 is 1.64 bits per heavy atom. The maximum absolute atomic E-state index is 6.23. The van der Waals surface area contributed by atoms with E-state index in [9.17, 15) is 0 Å². The SMILES string of the molecule is Clc1ccc(-c2oc(-c3ccccc3)c3ccccc23)cc1. The van der Waals surface area contributed by atoms with Gasteiger partial charge in [0, 0.05) is 26.9 Å². The van der Waals surface area contributed by atoms with E-state index in [2.05, 4.69) is 24.3 Å². The minimum Gasteiger partial charge on any atom is -0.455 e. The third-order valence-corrected chi connectivity index (χ3v) is 4.01. The molecule has 0 unspecified atom stereocenters. The Kier molecular flexibility index (Phi) is 3.21. The molecule has 22 heavy (non-hydrogen) atoms. The van der Waals surface area contributed by atoms with E-state index >= 15 is 0 Å². The van der Waals surface area contributed by atoms with E-state index in [0.717, 1.165) is 38.4 Å². The number of furan rings is 1. The normalized spacial score (nSPS) is 11.0. The van der Waals surface area contributed by atoms with Crippen molar-refractivity contribution in [3.8, 4) is 22.6 Å². The summed E-state index contributed by atoms with van der Waals surface area (Å²) in [5, 5.41) is 2.96. The molecule has 2 heteroatoms. The first kappa shape index (κ1) is 13.2. The molecule has 3 aromatic carbocycles.